The molecule has 0 amide bonds. The van der Waals surface area contributed by atoms with Crippen LogP contribution in [0.25, 0.3) is 0 Å². The molecule has 0 aromatic heterocycles. The van der Waals surface area contributed by atoms with Crippen molar-refractivity contribution in [1.29, 1.82) is 0 Å². The van der Waals surface area contributed by atoms with Crippen molar-refractivity contribution < 1.29 is 0 Å². The minimum absolute atomic E-state index is 1.06. The van der Waals surface area contributed by atoms with Gasteiger partial charge < -0.3 is 0 Å². The normalized spacial score (nSPS) is 11.1. The Kier molecular flexibility index (Phi) is 3.87. The van der Waals surface area contributed by atoms with Crippen LogP contribution in [0.4, 0.5) is 5.69 Å². The van der Waals surface area contributed by atoms with E-state index in [9.17, 15) is 0 Å². The highest BCUT2D eigenvalue weighted by molar-refractivity contribution is 5.66. The van der Waals surface area contributed by atoms with E-state index in [0.29, 0.717) is 0 Å². The largest absolute Gasteiger partial charge is 0.261 e. The molecule has 0 radical (unpaired) electrons. The van der Waals surface area contributed by atoms with Gasteiger partial charge in [-0.05, 0) is 38.3 Å². The summed E-state index contributed by atoms with van der Waals surface area (Å²) in [5.74, 6) is 0. The first kappa shape index (κ1) is 11.0. The number of aliphatic imine (C=N–C) groups is 1. The van der Waals surface area contributed by atoms with Gasteiger partial charge in [0.2, 0.25) is 0 Å². The quantitative estimate of drug-likeness (QED) is 0.634. The molecule has 1 nitrogen and oxygen atoms in total. The molecule has 0 saturated carbocycles. The van der Waals surface area contributed by atoms with Crippen LogP contribution >= 0.6 is 0 Å². The van der Waals surface area contributed by atoms with E-state index in [4.69, 9.17) is 0 Å². The highest BCUT2D eigenvalue weighted by Crippen LogP contribution is 2.24. The third kappa shape index (κ3) is 2.69. The van der Waals surface area contributed by atoms with Gasteiger partial charge in [0.05, 0.1) is 5.69 Å². The Labute approximate surface area is 86.9 Å². The fourth-order valence-electron chi connectivity index (χ4n) is 1.66. The van der Waals surface area contributed by atoms with Gasteiger partial charge in [0.15, 0.2) is 0 Å². The Morgan fingerprint density at radius 3 is 2.21 bits per heavy atom. The van der Waals surface area contributed by atoms with Crippen molar-refractivity contribution in [1.82, 2.24) is 0 Å². The molecule has 0 aliphatic heterocycles. The maximum Gasteiger partial charge on any atom is 0.0684 e. The van der Waals surface area contributed by atoms with Crippen molar-refractivity contribution in [3.63, 3.8) is 0 Å². The number of nitrogens with zero attached hydrogens (tertiary/aromatic N) is 1. The van der Waals surface area contributed by atoms with Crippen molar-refractivity contribution in [2.45, 2.75) is 40.5 Å². The van der Waals surface area contributed by atoms with Crippen LogP contribution in [0.15, 0.2) is 17.1 Å². The molecule has 1 aromatic rings. The summed E-state index contributed by atoms with van der Waals surface area (Å²) in [6, 6.07) is 4.37. The number of aryl methyl sites for hydroxylation is 3. The molecule has 0 saturated heterocycles. The number of hydrogen-bond donors (Lipinski definition) is 0. The lowest BCUT2D eigenvalue weighted by Gasteiger charge is -2.05. The fraction of sp³-hybridized carbons (Fsp3) is 0.462. The maximum absolute atomic E-state index is 4.51. The van der Waals surface area contributed by atoms with E-state index in [1.165, 1.54) is 16.7 Å². The Morgan fingerprint density at radius 1 is 1.14 bits per heavy atom. The standard InChI is InChI=1S/C13H19N/c1-5-6-7-14-13-11(3)8-10(2)9-12(13)4/h7-9H,5-6H2,1-4H3. The van der Waals surface area contributed by atoms with Gasteiger partial charge in [-0.15, -0.1) is 0 Å². The lowest BCUT2D eigenvalue weighted by molar-refractivity contribution is 1.01. The second kappa shape index (κ2) is 4.94. The topological polar surface area (TPSA) is 12.4 Å². The summed E-state index contributed by atoms with van der Waals surface area (Å²) in [5.41, 5.74) is 5.00. The second-order valence-corrected chi connectivity index (χ2v) is 3.85. The number of unbranched alkanes of at least 4 members (excludes halogenated alkanes) is 1. The van der Waals surface area contributed by atoms with Crippen molar-refractivity contribution in [3.05, 3.63) is 28.8 Å². The van der Waals surface area contributed by atoms with Crippen LogP contribution in [-0.2, 0) is 0 Å². The predicted molar refractivity (Wildman–Crippen MR) is 63.7 cm³/mol. The van der Waals surface area contributed by atoms with Gasteiger partial charge in [0.1, 0.15) is 0 Å². The number of benzene rings is 1. The van der Waals surface area contributed by atoms with Crippen LogP contribution in [0.3, 0.4) is 0 Å². The van der Waals surface area contributed by atoms with E-state index in [1.54, 1.807) is 0 Å². The average Bonchev–Trinajstić information content (AvgIpc) is 2.09. The zero-order valence-electron chi connectivity index (χ0n) is 9.59. The first-order chi connectivity index (χ1) is 6.65. The Bertz CT molecular complexity index is 314. The zero-order chi connectivity index (χ0) is 10.6. The highest BCUT2D eigenvalue weighted by atomic mass is 14.7. The van der Waals surface area contributed by atoms with Crippen LogP contribution in [0, 0.1) is 20.8 Å². The first-order valence-electron chi connectivity index (χ1n) is 5.25. The first-order valence-corrected chi connectivity index (χ1v) is 5.25. The van der Waals surface area contributed by atoms with Crippen LogP contribution in [0.2, 0.25) is 0 Å². The van der Waals surface area contributed by atoms with E-state index < -0.39 is 0 Å². The van der Waals surface area contributed by atoms with Gasteiger partial charge in [-0.1, -0.05) is 31.0 Å². The summed E-state index contributed by atoms with van der Waals surface area (Å²) in [6.45, 7) is 8.54. The van der Waals surface area contributed by atoms with Crippen molar-refractivity contribution in [2.24, 2.45) is 4.99 Å². The van der Waals surface area contributed by atoms with Crippen molar-refractivity contribution in [3.8, 4) is 0 Å². The molecule has 0 heterocycles. The van der Waals surface area contributed by atoms with Crippen molar-refractivity contribution in [2.75, 3.05) is 0 Å². The van der Waals surface area contributed by atoms with E-state index >= 15 is 0 Å². The molecule has 0 fully saturated rings. The van der Waals surface area contributed by atoms with Gasteiger partial charge in [0.25, 0.3) is 0 Å². The Morgan fingerprint density at radius 2 is 1.71 bits per heavy atom. The molecule has 0 unspecified atom stereocenters. The molecule has 0 N–H and O–H groups in total. The zero-order valence-corrected chi connectivity index (χ0v) is 9.59. The van der Waals surface area contributed by atoms with E-state index in [2.05, 4.69) is 44.8 Å². The van der Waals surface area contributed by atoms with Crippen molar-refractivity contribution >= 4 is 11.9 Å². The third-order valence-electron chi connectivity index (χ3n) is 2.27. The Hall–Kier alpha value is -1.11. The Balaban J connectivity index is 2.96. The minimum atomic E-state index is 1.06. The summed E-state index contributed by atoms with van der Waals surface area (Å²) in [7, 11) is 0. The van der Waals surface area contributed by atoms with E-state index in [1.807, 2.05) is 6.21 Å². The molecule has 0 aliphatic carbocycles. The molecule has 1 heteroatoms. The molecule has 76 valence electrons. The smallest absolute Gasteiger partial charge is 0.0684 e. The maximum atomic E-state index is 4.51. The van der Waals surface area contributed by atoms with Crippen LogP contribution in [0.5, 0.6) is 0 Å². The van der Waals surface area contributed by atoms with Crippen LogP contribution in [0.1, 0.15) is 36.5 Å². The highest BCUT2D eigenvalue weighted by Gasteiger charge is 2.00. The summed E-state index contributed by atoms with van der Waals surface area (Å²) in [6.07, 6.45) is 4.24. The summed E-state index contributed by atoms with van der Waals surface area (Å²) in [5, 5.41) is 0. The average molecular weight is 189 g/mol. The molecular formula is C13H19N. The van der Waals surface area contributed by atoms with Gasteiger partial charge in [0, 0.05) is 6.21 Å². The van der Waals surface area contributed by atoms with Crippen LogP contribution in [-0.4, -0.2) is 6.21 Å². The van der Waals surface area contributed by atoms with Crippen LogP contribution < -0.4 is 0 Å². The molecule has 0 aliphatic rings. The minimum Gasteiger partial charge on any atom is -0.261 e. The second-order valence-electron chi connectivity index (χ2n) is 3.85. The fourth-order valence-corrected chi connectivity index (χ4v) is 1.66. The molecule has 1 rings (SSSR count). The van der Waals surface area contributed by atoms with E-state index in [-0.39, 0.29) is 0 Å². The van der Waals surface area contributed by atoms with Gasteiger partial charge in [-0.3, -0.25) is 4.99 Å². The SMILES string of the molecule is CCCC=Nc1c(C)cc(C)cc1C. The summed E-state index contributed by atoms with van der Waals surface area (Å²) < 4.78 is 0. The number of rotatable bonds is 3. The third-order valence-corrected chi connectivity index (χ3v) is 2.27. The lowest BCUT2D eigenvalue weighted by atomic mass is 10.1. The summed E-state index contributed by atoms with van der Waals surface area (Å²) >= 11 is 0. The van der Waals surface area contributed by atoms with Gasteiger partial charge in [-0.2, -0.15) is 0 Å². The van der Waals surface area contributed by atoms with Gasteiger partial charge >= 0.3 is 0 Å². The molecule has 0 bridgehead atoms. The van der Waals surface area contributed by atoms with E-state index in [0.717, 1.165) is 18.5 Å². The molecule has 14 heavy (non-hydrogen) atoms. The molecule has 0 spiro atoms. The van der Waals surface area contributed by atoms with Gasteiger partial charge in [-0.25, -0.2) is 0 Å². The predicted octanol–water partition coefficient (Wildman–Crippen LogP) is 4.11. The lowest BCUT2D eigenvalue weighted by Crippen LogP contribution is -1.84. The molecule has 0 atom stereocenters. The monoisotopic (exact) mass is 189 g/mol. The summed E-state index contributed by atoms with van der Waals surface area (Å²) in [4.78, 5) is 4.51. The molecular weight excluding hydrogens is 170 g/mol. The number of hydrogen-bond acceptors (Lipinski definition) is 1. The molecule has 1 aromatic carbocycles.